The number of ether oxygens (including phenoxy) is 2. The maximum Gasteiger partial charge on any atom is 0.260 e. The minimum absolute atomic E-state index is 0.249. The Kier molecular flexibility index (Phi) is 5.74. The zero-order valence-electron chi connectivity index (χ0n) is 17.5. The van der Waals surface area contributed by atoms with Gasteiger partial charge in [0.1, 0.15) is 18.2 Å². The fourth-order valence-corrected chi connectivity index (χ4v) is 4.64. The van der Waals surface area contributed by atoms with Crippen LogP contribution in [0.5, 0.6) is 0 Å². The van der Waals surface area contributed by atoms with Gasteiger partial charge in [-0.2, -0.15) is 0 Å². The van der Waals surface area contributed by atoms with Gasteiger partial charge in [0, 0.05) is 35.6 Å². The first-order valence-electron chi connectivity index (χ1n) is 11.1. The van der Waals surface area contributed by atoms with Gasteiger partial charge in [0.15, 0.2) is 0 Å². The van der Waals surface area contributed by atoms with Crippen LogP contribution in [0, 0.1) is 11.7 Å². The summed E-state index contributed by atoms with van der Waals surface area (Å²) >= 11 is 0. The summed E-state index contributed by atoms with van der Waals surface area (Å²) in [5.74, 6) is 0.710. The number of hydrogen-bond donors (Lipinski definition) is 2. The highest BCUT2D eigenvalue weighted by Crippen LogP contribution is 2.41. The van der Waals surface area contributed by atoms with Crippen molar-refractivity contribution in [2.75, 3.05) is 31.6 Å². The second-order valence-corrected chi connectivity index (χ2v) is 8.47. The van der Waals surface area contributed by atoms with Crippen LogP contribution in [0.3, 0.4) is 0 Å². The van der Waals surface area contributed by atoms with Crippen molar-refractivity contribution in [1.82, 2.24) is 5.32 Å². The Morgan fingerprint density at radius 1 is 1.06 bits per heavy atom. The zero-order valence-corrected chi connectivity index (χ0v) is 17.5. The molecule has 2 aromatic rings. The Morgan fingerprint density at radius 3 is 2.81 bits per heavy atom. The summed E-state index contributed by atoms with van der Waals surface area (Å²) in [6.45, 7) is 4.22. The van der Waals surface area contributed by atoms with E-state index in [0.29, 0.717) is 29.2 Å². The minimum atomic E-state index is -0.369. The van der Waals surface area contributed by atoms with Crippen molar-refractivity contribution in [2.45, 2.75) is 32.3 Å². The first-order chi connectivity index (χ1) is 15.2. The molecule has 3 heterocycles. The smallest absolute Gasteiger partial charge is 0.260 e. The highest BCUT2D eigenvalue weighted by molar-refractivity contribution is 6.36. The number of carbonyl (C=O) groups excluding carboxylic acids is 1. The molecule has 0 aliphatic carbocycles. The maximum atomic E-state index is 13.8. The number of hydrogen-bond acceptors (Lipinski definition) is 4. The highest BCUT2D eigenvalue weighted by Gasteiger charge is 2.32. The second-order valence-electron chi connectivity index (χ2n) is 8.47. The number of carbonyl (C=O) groups is 1. The van der Waals surface area contributed by atoms with Gasteiger partial charge in [0.25, 0.3) is 5.91 Å². The Morgan fingerprint density at radius 2 is 1.94 bits per heavy atom. The molecule has 1 fully saturated rings. The summed E-state index contributed by atoms with van der Waals surface area (Å²) in [6.07, 6.45) is 4.52. The van der Waals surface area contributed by atoms with Gasteiger partial charge in [-0.05, 0) is 68.5 Å². The molecule has 0 aromatic heterocycles. The van der Waals surface area contributed by atoms with Crippen LogP contribution in [-0.4, -0.2) is 32.2 Å². The molecule has 3 aliphatic rings. The van der Waals surface area contributed by atoms with E-state index >= 15 is 0 Å². The normalized spacial score (nSPS) is 20.4. The number of rotatable bonds is 6. The number of halogens is 1. The quantitative estimate of drug-likeness (QED) is 0.543. The molecule has 5 rings (SSSR count). The van der Waals surface area contributed by atoms with E-state index in [4.69, 9.17) is 9.47 Å². The van der Waals surface area contributed by atoms with Crippen molar-refractivity contribution in [2.24, 2.45) is 5.92 Å². The van der Waals surface area contributed by atoms with E-state index in [1.165, 1.54) is 37.0 Å². The van der Waals surface area contributed by atoms with Crippen molar-refractivity contribution in [1.29, 1.82) is 0 Å². The summed E-state index contributed by atoms with van der Waals surface area (Å²) in [6, 6.07) is 10.6. The SMILES string of the molecule is O=C1Nc2ccc(F)cc2C1=C1OCc2cc(CCNCCC3CCOCC3)ccc21. The molecule has 1 amide bonds. The van der Waals surface area contributed by atoms with Gasteiger partial charge in [-0.15, -0.1) is 0 Å². The Bertz CT molecular complexity index is 1030. The Balaban J connectivity index is 1.24. The molecule has 0 saturated carbocycles. The van der Waals surface area contributed by atoms with Gasteiger partial charge < -0.3 is 20.1 Å². The Labute approximate surface area is 181 Å². The van der Waals surface area contributed by atoms with E-state index in [-0.39, 0.29) is 11.7 Å². The lowest BCUT2D eigenvalue weighted by atomic mass is 9.96. The van der Waals surface area contributed by atoms with Crippen molar-refractivity contribution < 1.29 is 18.7 Å². The largest absolute Gasteiger partial charge is 0.487 e. The average Bonchev–Trinajstić information content (AvgIpc) is 3.33. The van der Waals surface area contributed by atoms with Crippen LogP contribution in [-0.2, 0) is 27.3 Å². The molecule has 162 valence electrons. The van der Waals surface area contributed by atoms with Gasteiger partial charge in [-0.25, -0.2) is 4.39 Å². The summed E-state index contributed by atoms with van der Waals surface area (Å²) in [4.78, 5) is 12.5. The lowest BCUT2D eigenvalue weighted by Gasteiger charge is -2.21. The van der Waals surface area contributed by atoms with E-state index in [0.717, 1.165) is 49.8 Å². The average molecular weight is 423 g/mol. The molecular formula is C25H27FN2O3. The fraction of sp³-hybridized carbons (Fsp3) is 0.400. The van der Waals surface area contributed by atoms with Crippen LogP contribution in [0.4, 0.5) is 10.1 Å². The van der Waals surface area contributed by atoms with Crippen LogP contribution in [0.2, 0.25) is 0 Å². The first kappa shape index (κ1) is 20.2. The standard InChI is InChI=1S/C25H27FN2O3/c26-19-2-4-22-21(14-19)23(25(29)28-22)24-20-3-1-17(13-18(20)15-31-24)6-10-27-9-5-16-7-11-30-12-8-16/h1-4,13-14,16,27H,5-12,15H2,(H,28,29). The van der Waals surface area contributed by atoms with E-state index in [2.05, 4.69) is 22.8 Å². The fourth-order valence-electron chi connectivity index (χ4n) is 4.64. The molecule has 3 aliphatic heterocycles. The van der Waals surface area contributed by atoms with Gasteiger partial charge in [-0.3, -0.25) is 4.79 Å². The minimum Gasteiger partial charge on any atom is -0.487 e. The third kappa shape index (κ3) is 4.23. The number of amides is 1. The number of nitrogens with one attached hydrogen (secondary N) is 2. The second kappa shape index (κ2) is 8.81. The lowest BCUT2D eigenvalue weighted by Crippen LogP contribution is -2.23. The molecule has 5 nitrogen and oxygen atoms in total. The topological polar surface area (TPSA) is 59.6 Å². The van der Waals surface area contributed by atoms with Gasteiger partial charge in [-0.1, -0.05) is 18.2 Å². The molecule has 6 heteroatoms. The van der Waals surface area contributed by atoms with E-state index < -0.39 is 0 Å². The molecule has 0 atom stereocenters. The zero-order chi connectivity index (χ0) is 21.2. The van der Waals surface area contributed by atoms with Gasteiger partial charge in [0.05, 0.1) is 5.57 Å². The maximum absolute atomic E-state index is 13.8. The van der Waals surface area contributed by atoms with Gasteiger partial charge >= 0.3 is 0 Å². The molecule has 0 radical (unpaired) electrons. The van der Waals surface area contributed by atoms with E-state index in [9.17, 15) is 9.18 Å². The number of fused-ring (bicyclic) bond motifs is 2. The third-order valence-corrected chi connectivity index (χ3v) is 6.40. The summed E-state index contributed by atoms with van der Waals surface area (Å²) in [7, 11) is 0. The predicted molar refractivity (Wildman–Crippen MR) is 118 cm³/mol. The van der Waals surface area contributed by atoms with Crippen LogP contribution >= 0.6 is 0 Å². The lowest BCUT2D eigenvalue weighted by molar-refractivity contribution is -0.110. The number of benzene rings is 2. The van der Waals surface area contributed by atoms with Crippen LogP contribution < -0.4 is 10.6 Å². The van der Waals surface area contributed by atoms with Crippen molar-refractivity contribution in [3.05, 3.63) is 64.5 Å². The molecule has 0 unspecified atom stereocenters. The molecule has 2 aromatic carbocycles. The van der Waals surface area contributed by atoms with Crippen LogP contribution in [0.25, 0.3) is 11.3 Å². The monoisotopic (exact) mass is 422 g/mol. The van der Waals surface area contributed by atoms with Crippen LogP contribution in [0.1, 0.15) is 41.5 Å². The van der Waals surface area contributed by atoms with Crippen molar-refractivity contribution in [3.63, 3.8) is 0 Å². The first-order valence-corrected chi connectivity index (χ1v) is 11.1. The highest BCUT2D eigenvalue weighted by atomic mass is 19.1. The summed E-state index contributed by atoms with van der Waals surface area (Å²) < 4.78 is 25.1. The van der Waals surface area contributed by atoms with Crippen molar-refractivity contribution >= 4 is 22.9 Å². The predicted octanol–water partition coefficient (Wildman–Crippen LogP) is 4.13. The molecule has 31 heavy (non-hydrogen) atoms. The molecule has 2 N–H and O–H groups in total. The molecular weight excluding hydrogens is 395 g/mol. The number of anilines is 1. The molecule has 1 saturated heterocycles. The van der Waals surface area contributed by atoms with Crippen molar-refractivity contribution in [3.8, 4) is 0 Å². The summed E-state index contributed by atoms with van der Waals surface area (Å²) in [5, 5.41) is 6.35. The van der Waals surface area contributed by atoms with E-state index in [1.807, 2.05) is 6.07 Å². The van der Waals surface area contributed by atoms with Crippen LogP contribution in [0.15, 0.2) is 36.4 Å². The molecule has 0 spiro atoms. The Hall–Kier alpha value is -2.70. The third-order valence-electron chi connectivity index (χ3n) is 6.40. The van der Waals surface area contributed by atoms with Gasteiger partial charge in [0.2, 0.25) is 0 Å². The summed E-state index contributed by atoms with van der Waals surface area (Å²) in [5.41, 5.74) is 4.82. The van der Waals surface area contributed by atoms with E-state index in [1.54, 1.807) is 6.07 Å². The molecule has 0 bridgehead atoms.